The maximum absolute atomic E-state index is 11.9. The lowest BCUT2D eigenvalue weighted by Gasteiger charge is -2.61. The van der Waals surface area contributed by atoms with Crippen molar-refractivity contribution in [1.29, 1.82) is 5.26 Å². The molecule has 0 radical (unpaired) electrons. The summed E-state index contributed by atoms with van der Waals surface area (Å²) in [5, 5.41) is 21.7. The number of piperidine rings is 2. The van der Waals surface area contributed by atoms with Gasteiger partial charge in [0.15, 0.2) is 0 Å². The smallest absolute Gasteiger partial charge is 0.217 e. The predicted molar refractivity (Wildman–Crippen MR) is 136 cm³/mol. The van der Waals surface area contributed by atoms with E-state index in [2.05, 4.69) is 26.5 Å². The Morgan fingerprint density at radius 3 is 2.51 bits per heavy atom. The van der Waals surface area contributed by atoms with Gasteiger partial charge in [0.2, 0.25) is 5.91 Å². The SMILES string of the molecule is CC(=O)NC12CC3C[C@H](C1)N(c1cnc(-c4cc(-c5cnn(C)c5)cn5ncc(C#N)c45)cn1)[C@@H](C3)C2. The highest BCUT2D eigenvalue weighted by Gasteiger charge is 2.55. The van der Waals surface area contributed by atoms with Crippen LogP contribution in [0.2, 0.25) is 0 Å². The van der Waals surface area contributed by atoms with Gasteiger partial charge in [-0.3, -0.25) is 14.5 Å². The van der Waals surface area contributed by atoms with Gasteiger partial charge in [0.1, 0.15) is 11.9 Å². The fourth-order valence-corrected chi connectivity index (χ4v) is 7.25. The molecule has 8 rings (SSSR count). The summed E-state index contributed by atoms with van der Waals surface area (Å²) >= 11 is 0. The second-order valence-corrected chi connectivity index (χ2v) is 10.9. The maximum atomic E-state index is 11.9. The summed E-state index contributed by atoms with van der Waals surface area (Å²) < 4.78 is 3.49. The first kappa shape index (κ1) is 22.0. The highest BCUT2D eigenvalue weighted by Crippen LogP contribution is 2.52. The van der Waals surface area contributed by atoms with Gasteiger partial charge < -0.3 is 10.2 Å². The van der Waals surface area contributed by atoms with E-state index in [-0.39, 0.29) is 11.4 Å². The van der Waals surface area contributed by atoms with Crippen molar-refractivity contribution >= 4 is 17.2 Å². The molecule has 4 aromatic heterocycles. The van der Waals surface area contributed by atoms with Crippen LogP contribution in [0.1, 0.15) is 44.6 Å². The number of hydrogen-bond donors (Lipinski definition) is 1. The quantitative estimate of drug-likeness (QED) is 0.464. The van der Waals surface area contributed by atoms with Crippen LogP contribution in [0, 0.1) is 17.2 Å². The molecule has 2 saturated heterocycles. The third-order valence-corrected chi connectivity index (χ3v) is 8.32. The Balaban J connectivity index is 1.25. The zero-order valence-electron chi connectivity index (χ0n) is 20.8. The first-order chi connectivity index (χ1) is 17.9. The number of rotatable bonds is 4. The molecule has 4 atom stereocenters. The van der Waals surface area contributed by atoms with Crippen LogP contribution in [-0.4, -0.2) is 52.9 Å². The molecule has 6 heterocycles. The van der Waals surface area contributed by atoms with Gasteiger partial charge in [-0.2, -0.15) is 15.5 Å². The topological polar surface area (TPSA) is 117 Å². The van der Waals surface area contributed by atoms with E-state index < -0.39 is 0 Å². The Labute approximate surface area is 213 Å². The monoisotopic (exact) mass is 493 g/mol. The summed E-state index contributed by atoms with van der Waals surface area (Å²) in [5.41, 5.74) is 4.52. The predicted octanol–water partition coefficient (Wildman–Crippen LogP) is 3.09. The summed E-state index contributed by atoms with van der Waals surface area (Å²) in [4.78, 5) is 24.1. The zero-order chi connectivity index (χ0) is 25.3. The van der Waals surface area contributed by atoms with Crippen molar-refractivity contribution in [2.45, 2.75) is 56.7 Å². The van der Waals surface area contributed by atoms with Gasteiger partial charge in [0.05, 0.1) is 41.6 Å². The zero-order valence-corrected chi connectivity index (χ0v) is 20.8. The fourth-order valence-electron chi connectivity index (χ4n) is 7.25. The molecule has 4 bridgehead atoms. The summed E-state index contributed by atoms with van der Waals surface area (Å²) in [5.74, 6) is 1.60. The van der Waals surface area contributed by atoms with E-state index in [4.69, 9.17) is 9.97 Å². The second-order valence-electron chi connectivity index (χ2n) is 10.9. The Kier molecular flexibility index (Phi) is 4.67. The van der Waals surface area contributed by atoms with Crippen molar-refractivity contribution in [3.05, 3.63) is 48.8 Å². The van der Waals surface area contributed by atoms with Gasteiger partial charge in [-0.1, -0.05) is 0 Å². The number of aromatic nitrogens is 6. The summed E-state index contributed by atoms with van der Waals surface area (Å²) in [6.45, 7) is 1.62. The minimum atomic E-state index is -0.0692. The Hall–Kier alpha value is -4.26. The number of nitrogens with zero attached hydrogens (tertiary/aromatic N) is 8. The van der Waals surface area contributed by atoms with Gasteiger partial charge in [0.25, 0.3) is 0 Å². The number of amides is 1. The molecule has 2 aliphatic heterocycles. The normalized spacial score (nSPS) is 26.0. The molecule has 2 aliphatic carbocycles. The number of pyridine rings is 1. The molecule has 4 fully saturated rings. The minimum absolute atomic E-state index is 0.0640. The lowest BCUT2D eigenvalue weighted by atomic mass is 9.59. The van der Waals surface area contributed by atoms with Crippen LogP contribution < -0.4 is 10.2 Å². The number of anilines is 1. The van der Waals surface area contributed by atoms with E-state index in [0.717, 1.165) is 54.6 Å². The maximum Gasteiger partial charge on any atom is 0.217 e. The number of fused-ring (bicyclic) bond motifs is 1. The van der Waals surface area contributed by atoms with Crippen LogP contribution in [0.25, 0.3) is 27.9 Å². The van der Waals surface area contributed by atoms with Crippen LogP contribution in [0.3, 0.4) is 0 Å². The van der Waals surface area contributed by atoms with E-state index >= 15 is 0 Å². The van der Waals surface area contributed by atoms with Crippen molar-refractivity contribution in [2.24, 2.45) is 13.0 Å². The van der Waals surface area contributed by atoms with Crippen LogP contribution in [0.15, 0.2) is 43.2 Å². The van der Waals surface area contributed by atoms with Gasteiger partial charge in [0, 0.05) is 60.7 Å². The third-order valence-electron chi connectivity index (χ3n) is 8.32. The first-order valence-corrected chi connectivity index (χ1v) is 12.7. The van der Waals surface area contributed by atoms with Crippen LogP contribution in [0.5, 0.6) is 0 Å². The van der Waals surface area contributed by atoms with Crippen molar-refractivity contribution < 1.29 is 4.79 Å². The van der Waals surface area contributed by atoms with E-state index in [1.165, 1.54) is 0 Å². The standard InChI is InChI=1S/C27H27N9O/c1-16(37)33-27-6-17-3-21(7-27)36(22(4-17)8-27)25-13-29-24(12-30-25)23-5-18(20-11-31-34(2)14-20)15-35-26(23)19(9-28)10-32-35/h5,10-15,17,21-22H,3-4,6-8H2,1-2H3,(H,33,37)/t17?,21-,22+,27?. The summed E-state index contributed by atoms with van der Waals surface area (Å²) in [6, 6.07) is 5.00. The summed E-state index contributed by atoms with van der Waals surface area (Å²) in [7, 11) is 1.88. The number of nitrogens with one attached hydrogen (secondary N) is 1. The molecule has 2 saturated carbocycles. The number of aryl methyl sites for hydroxylation is 1. The van der Waals surface area contributed by atoms with Crippen LogP contribution in [-0.2, 0) is 11.8 Å². The highest BCUT2D eigenvalue weighted by atomic mass is 16.1. The largest absolute Gasteiger partial charge is 0.351 e. The fraction of sp³-hybridized carbons (Fsp3) is 0.407. The van der Waals surface area contributed by atoms with Gasteiger partial charge >= 0.3 is 0 Å². The van der Waals surface area contributed by atoms with E-state index in [1.54, 1.807) is 28.5 Å². The number of carbonyl (C=O) groups excluding carboxylic acids is 1. The third kappa shape index (κ3) is 3.49. The van der Waals surface area contributed by atoms with Crippen molar-refractivity contribution in [3.63, 3.8) is 0 Å². The summed E-state index contributed by atoms with van der Waals surface area (Å²) in [6.07, 6.45) is 16.2. The van der Waals surface area contributed by atoms with Crippen LogP contribution in [0.4, 0.5) is 5.82 Å². The Morgan fingerprint density at radius 2 is 1.86 bits per heavy atom. The van der Waals surface area contributed by atoms with Crippen molar-refractivity contribution in [1.82, 2.24) is 34.7 Å². The molecule has 4 aromatic rings. The first-order valence-electron chi connectivity index (χ1n) is 12.7. The Morgan fingerprint density at radius 1 is 1.05 bits per heavy atom. The lowest BCUT2D eigenvalue weighted by Crippen LogP contribution is -2.69. The average Bonchev–Trinajstić information content (AvgIpc) is 3.48. The Bertz CT molecular complexity index is 1560. The molecule has 186 valence electrons. The molecular weight excluding hydrogens is 466 g/mol. The molecular formula is C27H27N9O. The van der Waals surface area contributed by atoms with E-state index in [0.29, 0.717) is 34.8 Å². The molecule has 4 aliphatic rings. The molecule has 1 N–H and O–H groups in total. The average molecular weight is 494 g/mol. The molecule has 2 unspecified atom stereocenters. The lowest BCUT2D eigenvalue weighted by molar-refractivity contribution is -0.123. The molecule has 10 heteroatoms. The van der Waals surface area contributed by atoms with E-state index in [1.807, 2.05) is 37.9 Å². The number of carbonyl (C=O) groups is 1. The molecule has 0 spiro atoms. The number of hydrogen-bond acceptors (Lipinski definition) is 7. The van der Waals surface area contributed by atoms with Gasteiger partial charge in [-0.05, 0) is 44.1 Å². The minimum Gasteiger partial charge on any atom is -0.351 e. The molecule has 37 heavy (non-hydrogen) atoms. The highest BCUT2D eigenvalue weighted by molar-refractivity contribution is 5.86. The van der Waals surface area contributed by atoms with Crippen molar-refractivity contribution in [2.75, 3.05) is 4.90 Å². The molecule has 10 nitrogen and oxygen atoms in total. The number of nitriles is 1. The van der Waals surface area contributed by atoms with Crippen molar-refractivity contribution in [3.8, 4) is 28.5 Å². The van der Waals surface area contributed by atoms with Gasteiger partial charge in [-0.25, -0.2) is 9.50 Å². The van der Waals surface area contributed by atoms with Crippen LogP contribution >= 0.6 is 0 Å². The van der Waals surface area contributed by atoms with Gasteiger partial charge in [-0.15, -0.1) is 0 Å². The second kappa shape index (κ2) is 7.87. The molecule has 0 aromatic carbocycles. The molecule has 1 amide bonds. The van der Waals surface area contributed by atoms with E-state index in [9.17, 15) is 10.1 Å².